The zero-order valence-corrected chi connectivity index (χ0v) is 23.8. The van der Waals surface area contributed by atoms with Gasteiger partial charge in [0.25, 0.3) is 0 Å². The molecule has 0 aliphatic heterocycles. The highest BCUT2D eigenvalue weighted by Crippen LogP contribution is 2.38. The van der Waals surface area contributed by atoms with Gasteiger partial charge in [-0.3, -0.25) is 4.79 Å². The summed E-state index contributed by atoms with van der Waals surface area (Å²) in [6.07, 6.45) is 3.88. The molecule has 7 nitrogen and oxygen atoms in total. The summed E-state index contributed by atoms with van der Waals surface area (Å²) in [5.74, 6) is 0.404. The number of ether oxygens (including phenoxy) is 1. The van der Waals surface area contributed by atoms with Gasteiger partial charge in [0.05, 0.1) is 17.9 Å². The topological polar surface area (TPSA) is 90.7 Å². The fourth-order valence-corrected chi connectivity index (χ4v) is 5.42. The average molecular weight is 523 g/mol. The Balaban J connectivity index is 1.48. The Labute approximate surface area is 219 Å². The maximum absolute atomic E-state index is 12.7. The fourth-order valence-electron chi connectivity index (χ4n) is 4.40. The summed E-state index contributed by atoms with van der Waals surface area (Å²) < 4.78 is 17.4. The largest absolute Gasteiger partial charge is 0.543 e. The van der Waals surface area contributed by atoms with Crippen LogP contribution in [-0.4, -0.2) is 32.0 Å². The van der Waals surface area contributed by atoms with E-state index in [1.807, 2.05) is 18.2 Å². The Bertz CT molecular complexity index is 1350. The molecule has 1 amide bonds. The second-order valence-electron chi connectivity index (χ2n) is 11.2. The van der Waals surface area contributed by atoms with Gasteiger partial charge in [-0.05, 0) is 80.4 Å². The van der Waals surface area contributed by atoms with Crippen molar-refractivity contribution >= 4 is 41.9 Å². The Hall–Kier alpha value is -3.13. The lowest BCUT2D eigenvalue weighted by Crippen LogP contribution is -2.43. The minimum absolute atomic E-state index is 0.117. The number of hydrogen-bond donors (Lipinski definition) is 1. The molecule has 3 aromatic rings. The van der Waals surface area contributed by atoms with E-state index < -0.39 is 8.32 Å². The van der Waals surface area contributed by atoms with Crippen molar-refractivity contribution in [3.8, 4) is 5.75 Å². The van der Waals surface area contributed by atoms with E-state index >= 15 is 0 Å². The van der Waals surface area contributed by atoms with Crippen molar-refractivity contribution < 1.29 is 23.3 Å². The van der Waals surface area contributed by atoms with E-state index in [-0.39, 0.29) is 23.3 Å². The molecule has 0 spiro atoms. The van der Waals surface area contributed by atoms with E-state index in [0.717, 1.165) is 40.4 Å². The van der Waals surface area contributed by atoms with Gasteiger partial charge in [0.2, 0.25) is 14.2 Å². The van der Waals surface area contributed by atoms with Crippen LogP contribution in [0, 0.1) is 0 Å². The van der Waals surface area contributed by atoms with E-state index in [9.17, 15) is 9.59 Å². The van der Waals surface area contributed by atoms with Crippen molar-refractivity contribution in [1.82, 2.24) is 10.5 Å². The summed E-state index contributed by atoms with van der Waals surface area (Å²) in [7, 11) is -1.94. The van der Waals surface area contributed by atoms with Crippen LogP contribution in [0.2, 0.25) is 18.1 Å². The number of rotatable bonds is 8. The fraction of sp³-hybridized carbons (Fsp3) is 0.483. The molecule has 4 rings (SSSR count). The van der Waals surface area contributed by atoms with Crippen LogP contribution in [0.4, 0.5) is 0 Å². The first-order valence-electron chi connectivity index (χ1n) is 13.2. The lowest BCUT2D eigenvalue weighted by Gasteiger charge is -2.36. The van der Waals surface area contributed by atoms with E-state index in [1.165, 1.54) is 0 Å². The van der Waals surface area contributed by atoms with E-state index in [1.54, 1.807) is 6.92 Å². The molecular formula is C29H38N2O5Si. The maximum atomic E-state index is 12.7. The molecule has 0 saturated carbocycles. The quantitative estimate of drug-likeness (QED) is 0.258. The number of aromatic nitrogens is 1. The van der Waals surface area contributed by atoms with Crippen LogP contribution in [0.15, 0.2) is 46.1 Å². The third kappa shape index (κ3) is 5.90. The average Bonchev–Trinajstić information content (AvgIpc) is 3.25. The van der Waals surface area contributed by atoms with Gasteiger partial charge < -0.3 is 19.0 Å². The van der Waals surface area contributed by atoms with E-state index in [0.29, 0.717) is 42.7 Å². The molecule has 1 heterocycles. The molecular weight excluding hydrogens is 484 g/mol. The van der Waals surface area contributed by atoms with Crippen molar-refractivity contribution in [2.45, 2.75) is 84.4 Å². The van der Waals surface area contributed by atoms with Gasteiger partial charge in [0.15, 0.2) is 5.58 Å². The number of hydrogen-bond acceptors (Lipinski definition) is 6. The number of nitrogens with zero attached hydrogens (tertiary/aromatic N) is 1. The van der Waals surface area contributed by atoms with Gasteiger partial charge in [0, 0.05) is 29.3 Å². The highest BCUT2D eigenvalue weighted by molar-refractivity contribution is 6.74. The van der Waals surface area contributed by atoms with Crippen LogP contribution in [-0.2, 0) is 20.7 Å². The number of benzene rings is 2. The van der Waals surface area contributed by atoms with Crippen molar-refractivity contribution in [3.63, 3.8) is 0 Å². The predicted octanol–water partition coefficient (Wildman–Crippen LogP) is 6.81. The monoisotopic (exact) mass is 522 g/mol. The normalized spacial score (nSPS) is 14.8. The van der Waals surface area contributed by atoms with Crippen LogP contribution in [0.3, 0.4) is 0 Å². The Morgan fingerprint density at radius 1 is 1.08 bits per heavy atom. The smallest absolute Gasteiger partial charge is 0.335 e. The minimum atomic E-state index is -1.94. The van der Waals surface area contributed by atoms with Crippen molar-refractivity contribution in [1.29, 1.82) is 0 Å². The van der Waals surface area contributed by atoms with Crippen LogP contribution >= 0.6 is 0 Å². The number of aryl methyl sites for hydroxylation is 1. The first-order chi connectivity index (χ1) is 17.5. The third-order valence-electron chi connectivity index (χ3n) is 7.55. The minimum Gasteiger partial charge on any atom is -0.543 e. The summed E-state index contributed by atoms with van der Waals surface area (Å²) in [5.41, 5.74) is 2.75. The molecule has 0 fully saturated rings. The first kappa shape index (κ1) is 26.9. The molecule has 0 atom stereocenters. The maximum Gasteiger partial charge on any atom is 0.335 e. The van der Waals surface area contributed by atoms with Crippen molar-refractivity contribution in [2.75, 3.05) is 6.61 Å². The summed E-state index contributed by atoms with van der Waals surface area (Å²) >= 11 is 0. The second-order valence-corrected chi connectivity index (χ2v) is 16.0. The SMILES string of the molecule is CCOC(=O)C1=C(NC(=O)CCc2noc3c2ccc2cc(O[Si](C)(C)C(C)(C)C)ccc23)CCCC1. The Morgan fingerprint density at radius 2 is 1.81 bits per heavy atom. The number of amides is 1. The molecule has 1 aliphatic rings. The number of carbonyl (C=O) groups excluding carboxylic acids is 2. The van der Waals surface area contributed by atoms with Crippen LogP contribution in [0.5, 0.6) is 5.75 Å². The molecule has 8 heteroatoms. The van der Waals surface area contributed by atoms with Crippen LogP contribution in [0.25, 0.3) is 21.7 Å². The molecule has 2 aromatic carbocycles. The molecule has 0 bridgehead atoms. The molecule has 0 unspecified atom stereocenters. The highest BCUT2D eigenvalue weighted by Gasteiger charge is 2.39. The number of fused-ring (bicyclic) bond motifs is 3. The molecule has 1 aromatic heterocycles. The summed E-state index contributed by atoms with van der Waals surface area (Å²) in [6, 6.07) is 10.1. The highest BCUT2D eigenvalue weighted by atomic mass is 28.4. The van der Waals surface area contributed by atoms with Gasteiger partial charge in [-0.25, -0.2) is 4.79 Å². The zero-order valence-electron chi connectivity index (χ0n) is 22.8. The molecule has 198 valence electrons. The summed E-state index contributed by atoms with van der Waals surface area (Å²) in [6.45, 7) is 13.3. The van der Waals surface area contributed by atoms with Gasteiger partial charge in [-0.15, -0.1) is 0 Å². The van der Waals surface area contributed by atoms with Crippen molar-refractivity contribution in [2.24, 2.45) is 0 Å². The molecule has 1 aliphatic carbocycles. The van der Waals surface area contributed by atoms with Crippen LogP contribution in [0.1, 0.15) is 65.5 Å². The lowest BCUT2D eigenvalue weighted by molar-refractivity contribution is -0.138. The van der Waals surface area contributed by atoms with Crippen molar-refractivity contribution in [3.05, 3.63) is 47.3 Å². The number of allylic oxidation sites excluding steroid dienone is 1. The van der Waals surface area contributed by atoms with Gasteiger partial charge in [-0.1, -0.05) is 32.0 Å². The summed E-state index contributed by atoms with van der Waals surface area (Å²) in [5, 5.41) is 10.3. The molecule has 0 radical (unpaired) electrons. The molecule has 0 saturated heterocycles. The lowest BCUT2D eigenvalue weighted by atomic mass is 9.96. The Kier molecular flexibility index (Phi) is 7.78. The number of nitrogens with one attached hydrogen (secondary N) is 1. The first-order valence-corrected chi connectivity index (χ1v) is 16.1. The number of esters is 1. The molecule has 1 N–H and O–H groups in total. The van der Waals surface area contributed by atoms with Gasteiger partial charge in [-0.2, -0.15) is 0 Å². The van der Waals surface area contributed by atoms with E-state index in [2.05, 4.69) is 56.5 Å². The van der Waals surface area contributed by atoms with Crippen LogP contribution < -0.4 is 9.74 Å². The molecule has 37 heavy (non-hydrogen) atoms. The van der Waals surface area contributed by atoms with Gasteiger partial charge >= 0.3 is 5.97 Å². The second kappa shape index (κ2) is 10.7. The van der Waals surface area contributed by atoms with Gasteiger partial charge in [0.1, 0.15) is 5.75 Å². The third-order valence-corrected chi connectivity index (χ3v) is 11.9. The Morgan fingerprint density at radius 3 is 2.54 bits per heavy atom. The summed E-state index contributed by atoms with van der Waals surface area (Å²) in [4.78, 5) is 25.0. The number of carbonyl (C=O) groups is 2. The zero-order chi connectivity index (χ0) is 26.8. The predicted molar refractivity (Wildman–Crippen MR) is 148 cm³/mol. The van der Waals surface area contributed by atoms with E-state index in [4.69, 9.17) is 13.7 Å². The standard InChI is InChI=1S/C29H38N2O5Si/c1-7-34-28(33)23-10-8-9-11-24(23)30-26(32)17-16-25-22-14-12-19-18-20(36-37(5,6)29(2,3)4)13-15-21(19)27(22)35-31-25/h12-15,18H,7-11,16-17H2,1-6H3,(H,30,32).